The Hall–Kier alpha value is -1.74. The van der Waals surface area contributed by atoms with Gasteiger partial charge in [-0.3, -0.25) is 4.40 Å². The van der Waals surface area contributed by atoms with Crippen LogP contribution in [0.4, 0.5) is 4.39 Å². The Morgan fingerprint density at radius 3 is 2.85 bits per heavy atom. The molecule has 3 aromatic rings. The van der Waals surface area contributed by atoms with Crippen molar-refractivity contribution >= 4 is 45.8 Å². The third-order valence-corrected chi connectivity index (χ3v) is 6.20. The molecule has 1 aliphatic carbocycles. The zero-order valence-corrected chi connectivity index (χ0v) is 16.7. The number of esters is 1. The number of pyridine rings is 1. The van der Waals surface area contributed by atoms with E-state index in [1.54, 1.807) is 18.2 Å². The molecule has 1 aromatic carbocycles. The summed E-state index contributed by atoms with van der Waals surface area (Å²) >= 11 is 8.19. The minimum Gasteiger partial charge on any atom is -0.465 e. The summed E-state index contributed by atoms with van der Waals surface area (Å²) in [6.45, 7) is 0. The Labute approximate surface area is 167 Å². The molecule has 0 amide bonds. The molecule has 4 rings (SSSR count). The minimum absolute atomic E-state index is 0.00418. The fourth-order valence-corrected chi connectivity index (χ4v) is 3.99. The van der Waals surface area contributed by atoms with Gasteiger partial charge in [0.25, 0.3) is 0 Å². The summed E-state index contributed by atoms with van der Waals surface area (Å²) < 4.78 is 19.2. The van der Waals surface area contributed by atoms with Gasteiger partial charge in [-0.1, -0.05) is 17.7 Å². The maximum absolute atomic E-state index is 13.8. The first-order chi connectivity index (χ1) is 12.4. The van der Waals surface area contributed by atoms with E-state index in [2.05, 4.69) is 10.2 Å². The zero-order chi connectivity index (χ0) is 18.5. The van der Waals surface area contributed by atoms with E-state index in [0.717, 1.165) is 17.0 Å². The normalized spacial score (nSPS) is 21.8. The second-order valence-corrected chi connectivity index (χ2v) is 8.51. The van der Waals surface area contributed by atoms with Crippen LogP contribution < -0.4 is 0 Å². The maximum atomic E-state index is 13.8. The van der Waals surface area contributed by atoms with Gasteiger partial charge >= 0.3 is 5.97 Å². The summed E-state index contributed by atoms with van der Waals surface area (Å²) in [5.74, 6) is 0.311. The zero-order valence-electron chi connectivity index (χ0n) is 13.7. The number of fused-ring (bicyclic) bond motifs is 1. The van der Waals surface area contributed by atoms with Gasteiger partial charge < -0.3 is 4.74 Å². The lowest BCUT2D eigenvalue weighted by atomic mass is 10.0. The first kappa shape index (κ1) is 17.7. The number of benzene rings is 1. The van der Waals surface area contributed by atoms with Gasteiger partial charge in [0.1, 0.15) is 5.82 Å². The number of hydrogen-bond acceptors (Lipinski definition) is 4. The van der Waals surface area contributed by atoms with Crippen LogP contribution in [-0.2, 0) is 11.2 Å². The van der Waals surface area contributed by atoms with Crippen LogP contribution in [0.25, 0.3) is 16.8 Å². The third kappa shape index (κ3) is 3.18. The predicted molar refractivity (Wildman–Crippen MR) is 104 cm³/mol. The van der Waals surface area contributed by atoms with Gasteiger partial charge in [-0.15, -0.1) is 10.2 Å². The minimum atomic E-state index is -1.11. The van der Waals surface area contributed by atoms with Crippen molar-refractivity contribution in [1.29, 1.82) is 0 Å². The van der Waals surface area contributed by atoms with Crippen LogP contribution in [-0.4, -0.2) is 31.4 Å². The fourth-order valence-electron chi connectivity index (χ4n) is 2.95. The van der Waals surface area contributed by atoms with Crippen molar-refractivity contribution in [2.75, 3.05) is 7.11 Å². The molecule has 5 nitrogen and oxygen atoms in total. The van der Waals surface area contributed by atoms with E-state index < -0.39 is 9.64 Å². The second-order valence-electron chi connectivity index (χ2n) is 6.31. The van der Waals surface area contributed by atoms with Crippen molar-refractivity contribution in [2.24, 2.45) is 5.92 Å². The van der Waals surface area contributed by atoms with Crippen LogP contribution in [0.3, 0.4) is 0 Å². The van der Waals surface area contributed by atoms with E-state index in [4.69, 9.17) is 16.3 Å². The fraction of sp³-hybridized carbons (Fsp3) is 0.278. The summed E-state index contributed by atoms with van der Waals surface area (Å²) in [5.41, 5.74) is 2.70. The van der Waals surface area contributed by atoms with Gasteiger partial charge in [-0.05, 0) is 58.8 Å². The van der Waals surface area contributed by atoms with Crippen molar-refractivity contribution in [3.8, 4) is 11.1 Å². The molecule has 2 heterocycles. The highest BCUT2D eigenvalue weighted by Gasteiger charge is 2.53. The quantitative estimate of drug-likeness (QED) is 0.310. The molecular weight excluding hydrogens is 472 g/mol. The van der Waals surface area contributed by atoms with Crippen LogP contribution in [0.1, 0.15) is 22.6 Å². The summed E-state index contributed by atoms with van der Waals surface area (Å²) in [7, 11) is 1.33. The molecule has 2 atom stereocenters. The van der Waals surface area contributed by atoms with Crippen LogP contribution in [0.15, 0.2) is 36.5 Å². The maximum Gasteiger partial charge on any atom is 0.337 e. The van der Waals surface area contributed by atoms with Crippen molar-refractivity contribution in [3.63, 3.8) is 0 Å². The molecule has 2 unspecified atom stereocenters. The molecular formula is C18H14ClFIN3O2. The number of rotatable bonds is 4. The first-order valence-corrected chi connectivity index (χ1v) is 9.44. The smallest absolute Gasteiger partial charge is 0.337 e. The molecule has 0 N–H and O–H groups in total. The monoisotopic (exact) mass is 485 g/mol. The predicted octanol–water partition coefficient (Wildman–Crippen LogP) is 4.50. The molecule has 0 bridgehead atoms. The lowest BCUT2D eigenvalue weighted by molar-refractivity contribution is 0.0601. The molecule has 26 heavy (non-hydrogen) atoms. The first-order valence-electron chi connectivity index (χ1n) is 7.99. The van der Waals surface area contributed by atoms with Gasteiger partial charge in [0, 0.05) is 29.1 Å². The molecule has 8 heteroatoms. The largest absolute Gasteiger partial charge is 0.465 e. The van der Waals surface area contributed by atoms with E-state index in [1.165, 1.54) is 7.11 Å². The van der Waals surface area contributed by atoms with Crippen LogP contribution in [0.2, 0.25) is 5.02 Å². The molecule has 0 aliphatic heterocycles. The SMILES string of the molecule is COC(=O)c1ccc(-c2ccn3c(CC4CC4(F)I)nnc3c2)c(Cl)c1. The van der Waals surface area contributed by atoms with E-state index in [9.17, 15) is 9.18 Å². The van der Waals surface area contributed by atoms with Gasteiger partial charge in [-0.25, -0.2) is 9.18 Å². The van der Waals surface area contributed by atoms with Crippen LogP contribution >= 0.6 is 34.2 Å². The molecule has 1 saturated carbocycles. The lowest BCUT2D eigenvalue weighted by Crippen LogP contribution is -2.01. The second kappa shape index (κ2) is 6.45. The lowest BCUT2D eigenvalue weighted by Gasteiger charge is -2.07. The number of nitrogens with zero attached hydrogens (tertiary/aromatic N) is 3. The standard InChI is InChI=1S/C18H14ClFIN3O2/c1-26-17(25)11-2-3-13(14(19)6-11)10-4-5-24-15(7-10)22-23-16(24)8-12-9-18(12,20)21/h2-7,12H,8-9H2,1H3. The van der Waals surface area contributed by atoms with Crippen molar-refractivity contribution in [2.45, 2.75) is 16.5 Å². The van der Waals surface area contributed by atoms with Crippen LogP contribution in [0.5, 0.6) is 0 Å². The Morgan fingerprint density at radius 1 is 1.42 bits per heavy atom. The Kier molecular flexibility index (Phi) is 4.38. The molecule has 1 aliphatic rings. The van der Waals surface area contributed by atoms with Crippen molar-refractivity contribution in [1.82, 2.24) is 14.6 Å². The average Bonchev–Trinajstić information content (AvgIpc) is 3.03. The molecule has 1 fully saturated rings. The molecule has 2 aromatic heterocycles. The summed E-state index contributed by atoms with van der Waals surface area (Å²) in [5, 5.41) is 8.83. The highest BCUT2D eigenvalue weighted by atomic mass is 127. The number of aromatic nitrogens is 3. The van der Waals surface area contributed by atoms with Crippen molar-refractivity contribution in [3.05, 3.63) is 52.9 Å². The number of carbonyl (C=O) groups is 1. The Morgan fingerprint density at radius 2 is 2.19 bits per heavy atom. The van der Waals surface area contributed by atoms with E-state index in [0.29, 0.717) is 29.1 Å². The van der Waals surface area contributed by atoms with Gasteiger partial charge in [-0.2, -0.15) is 0 Å². The Bertz CT molecular complexity index is 1020. The molecule has 0 saturated heterocycles. The summed E-state index contributed by atoms with van der Waals surface area (Å²) in [4.78, 5) is 11.6. The number of alkyl halides is 2. The average molecular weight is 486 g/mol. The number of halogens is 3. The Balaban J connectivity index is 1.65. The highest BCUT2D eigenvalue weighted by Crippen LogP contribution is 2.54. The summed E-state index contributed by atoms with van der Waals surface area (Å²) in [6, 6.07) is 8.79. The third-order valence-electron chi connectivity index (χ3n) is 4.57. The van der Waals surface area contributed by atoms with E-state index >= 15 is 0 Å². The van der Waals surface area contributed by atoms with Gasteiger partial charge in [0.05, 0.1) is 12.7 Å². The van der Waals surface area contributed by atoms with Gasteiger partial charge in [0.2, 0.25) is 0 Å². The molecule has 134 valence electrons. The highest BCUT2D eigenvalue weighted by molar-refractivity contribution is 14.1. The topological polar surface area (TPSA) is 56.5 Å². The number of carbonyl (C=O) groups excluding carboxylic acids is 1. The van der Waals surface area contributed by atoms with E-state index in [-0.39, 0.29) is 5.92 Å². The van der Waals surface area contributed by atoms with E-state index in [1.807, 2.05) is 45.3 Å². The van der Waals surface area contributed by atoms with Crippen molar-refractivity contribution < 1.29 is 13.9 Å². The molecule has 0 spiro atoms. The number of methoxy groups -OCH3 is 1. The van der Waals surface area contributed by atoms with Gasteiger partial charge in [0.15, 0.2) is 9.32 Å². The molecule has 0 radical (unpaired) electrons. The number of hydrogen-bond donors (Lipinski definition) is 0. The number of ether oxygens (including phenoxy) is 1. The van der Waals surface area contributed by atoms with Crippen LogP contribution in [0, 0.1) is 5.92 Å². The summed E-state index contributed by atoms with van der Waals surface area (Å²) in [6.07, 6.45) is 2.98.